The standard InChI is InChI=1S/C9H24N4/c1-3-12-5-6-13(4-2)8-9(11)7-10/h9,12H,3-8,10-11H2,1-2H3. The summed E-state index contributed by atoms with van der Waals surface area (Å²) >= 11 is 0. The minimum atomic E-state index is 0.113. The fraction of sp³-hybridized carbons (Fsp3) is 1.00. The Morgan fingerprint density at radius 2 is 2.08 bits per heavy atom. The first kappa shape index (κ1) is 12.8. The molecule has 0 aliphatic carbocycles. The van der Waals surface area contributed by atoms with Crippen molar-refractivity contribution in [3.8, 4) is 0 Å². The van der Waals surface area contributed by atoms with Crippen LogP contribution < -0.4 is 16.8 Å². The molecule has 80 valence electrons. The van der Waals surface area contributed by atoms with Crippen molar-refractivity contribution in [3.05, 3.63) is 0 Å². The van der Waals surface area contributed by atoms with Gasteiger partial charge in [0.05, 0.1) is 0 Å². The lowest BCUT2D eigenvalue weighted by Gasteiger charge is -2.23. The van der Waals surface area contributed by atoms with Crippen LogP contribution in [-0.4, -0.2) is 50.2 Å². The van der Waals surface area contributed by atoms with Gasteiger partial charge >= 0.3 is 0 Å². The Hall–Kier alpha value is -0.160. The minimum absolute atomic E-state index is 0.113. The number of likely N-dealkylation sites (N-methyl/N-ethyl adjacent to an activating group) is 2. The van der Waals surface area contributed by atoms with E-state index in [1.165, 1.54) is 0 Å². The van der Waals surface area contributed by atoms with Gasteiger partial charge in [-0.05, 0) is 13.1 Å². The molecule has 4 nitrogen and oxygen atoms in total. The second-order valence-electron chi connectivity index (χ2n) is 3.24. The normalized spacial score (nSPS) is 13.6. The van der Waals surface area contributed by atoms with Crippen LogP contribution >= 0.6 is 0 Å². The summed E-state index contributed by atoms with van der Waals surface area (Å²) in [5.74, 6) is 0. The van der Waals surface area contributed by atoms with Gasteiger partial charge in [0.1, 0.15) is 0 Å². The van der Waals surface area contributed by atoms with Crippen LogP contribution in [0.2, 0.25) is 0 Å². The number of nitrogens with two attached hydrogens (primary N) is 2. The van der Waals surface area contributed by atoms with Crippen LogP contribution in [0.3, 0.4) is 0 Å². The summed E-state index contributed by atoms with van der Waals surface area (Å²) < 4.78 is 0. The predicted molar refractivity (Wildman–Crippen MR) is 57.7 cm³/mol. The van der Waals surface area contributed by atoms with Crippen molar-refractivity contribution < 1.29 is 0 Å². The molecule has 0 aliphatic rings. The van der Waals surface area contributed by atoms with Gasteiger partial charge in [0, 0.05) is 32.2 Å². The predicted octanol–water partition coefficient (Wildman–Crippen LogP) is -0.796. The van der Waals surface area contributed by atoms with Crippen molar-refractivity contribution in [1.82, 2.24) is 10.2 Å². The molecule has 1 atom stereocenters. The summed E-state index contributed by atoms with van der Waals surface area (Å²) in [7, 11) is 0. The van der Waals surface area contributed by atoms with E-state index in [0.29, 0.717) is 6.54 Å². The topological polar surface area (TPSA) is 67.3 Å². The van der Waals surface area contributed by atoms with E-state index in [0.717, 1.165) is 32.7 Å². The summed E-state index contributed by atoms with van der Waals surface area (Å²) in [4.78, 5) is 2.32. The van der Waals surface area contributed by atoms with E-state index in [-0.39, 0.29) is 6.04 Å². The molecular formula is C9H24N4. The first-order valence-electron chi connectivity index (χ1n) is 5.13. The van der Waals surface area contributed by atoms with Gasteiger partial charge in [0.2, 0.25) is 0 Å². The van der Waals surface area contributed by atoms with Crippen molar-refractivity contribution in [2.75, 3.05) is 39.3 Å². The molecule has 0 aromatic carbocycles. The van der Waals surface area contributed by atoms with Gasteiger partial charge in [-0.2, -0.15) is 0 Å². The quantitative estimate of drug-likeness (QED) is 0.436. The van der Waals surface area contributed by atoms with Crippen molar-refractivity contribution in [3.63, 3.8) is 0 Å². The van der Waals surface area contributed by atoms with E-state index < -0.39 is 0 Å². The maximum Gasteiger partial charge on any atom is 0.0292 e. The largest absolute Gasteiger partial charge is 0.329 e. The zero-order valence-corrected chi connectivity index (χ0v) is 8.92. The van der Waals surface area contributed by atoms with Gasteiger partial charge < -0.3 is 21.7 Å². The lowest BCUT2D eigenvalue weighted by molar-refractivity contribution is 0.271. The van der Waals surface area contributed by atoms with Crippen molar-refractivity contribution in [2.24, 2.45) is 11.5 Å². The zero-order chi connectivity index (χ0) is 10.1. The smallest absolute Gasteiger partial charge is 0.0292 e. The molecule has 0 spiro atoms. The highest BCUT2D eigenvalue weighted by atomic mass is 15.1. The fourth-order valence-corrected chi connectivity index (χ4v) is 1.20. The minimum Gasteiger partial charge on any atom is -0.329 e. The average Bonchev–Trinajstić information content (AvgIpc) is 2.16. The lowest BCUT2D eigenvalue weighted by atomic mass is 10.3. The van der Waals surface area contributed by atoms with E-state index in [1.54, 1.807) is 0 Å². The Bertz CT molecular complexity index is 108. The van der Waals surface area contributed by atoms with Crippen LogP contribution in [0, 0.1) is 0 Å². The second-order valence-corrected chi connectivity index (χ2v) is 3.24. The maximum atomic E-state index is 5.77. The summed E-state index contributed by atoms with van der Waals surface area (Å²) in [5, 5.41) is 3.29. The van der Waals surface area contributed by atoms with Gasteiger partial charge in [0.25, 0.3) is 0 Å². The van der Waals surface area contributed by atoms with E-state index >= 15 is 0 Å². The molecule has 0 aliphatic heterocycles. The van der Waals surface area contributed by atoms with E-state index in [1.807, 2.05) is 0 Å². The van der Waals surface area contributed by atoms with Crippen LogP contribution in [0.25, 0.3) is 0 Å². The molecule has 0 saturated heterocycles. The monoisotopic (exact) mass is 188 g/mol. The fourth-order valence-electron chi connectivity index (χ4n) is 1.20. The maximum absolute atomic E-state index is 5.77. The molecule has 0 radical (unpaired) electrons. The molecule has 1 unspecified atom stereocenters. The van der Waals surface area contributed by atoms with E-state index in [2.05, 4.69) is 24.1 Å². The number of rotatable bonds is 8. The number of hydrogen-bond donors (Lipinski definition) is 3. The number of nitrogens with zero attached hydrogens (tertiary/aromatic N) is 1. The molecule has 5 N–H and O–H groups in total. The number of nitrogens with one attached hydrogen (secondary N) is 1. The molecule has 13 heavy (non-hydrogen) atoms. The van der Waals surface area contributed by atoms with Gasteiger partial charge in [-0.25, -0.2) is 0 Å². The number of hydrogen-bond acceptors (Lipinski definition) is 4. The van der Waals surface area contributed by atoms with E-state index in [4.69, 9.17) is 11.5 Å². The molecule has 0 rings (SSSR count). The SMILES string of the molecule is CCNCCN(CC)CC(N)CN. The van der Waals surface area contributed by atoms with E-state index in [9.17, 15) is 0 Å². The van der Waals surface area contributed by atoms with Gasteiger partial charge in [-0.3, -0.25) is 0 Å². The highest BCUT2D eigenvalue weighted by Gasteiger charge is 2.06. The summed E-state index contributed by atoms with van der Waals surface area (Å²) in [6.07, 6.45) is 0. The summed E-state index contributed by atoms with van der Waals surface area (Å²) in [6, 6.07) is 0.113. The average molecular weight is 188 g/mol. The zero-order valence-electron chi connectivity index (χ0n) is 8.92. The highest BCUT2D eigenvalue weighted by Crippen LogP contribution is 1.88. The Balaban J connectivity index is 3.50. The van der Waals surface area contributed by atoms with Gasteiger partial charge in [-0.1, -0.05) is 13.8 Å². The summed E-state index contributed by atoms with van der Waals surface area (Å²) in [6.45, 7) is 9.88. The second kappa shape index (κ2) is 8.44. The van der Waals surface area contributed by atoms with Crippen LogP contribution in [0.4, 0.5) is 0 Å². The van der Waals surface area contributed by atoms with Crippen molar-refractivity contribution >= 4 is 0 Å². The Morgan fingerprint density at radius 1 is 1.38 bits per heavy atom. The Morgan fingerprint density at radius 3 is 2.54 bits per heavy atom. The summed E-state index contributed by atoms with van der Waals surface area (Å²) in [5.41, 5.74) is 11.2. The van der Waals surface area contributed by atoms with Crippen molar-refractivity contribution in [1.29, 1.82) is 0 Å². The molecule has 0 aromatic heterocycles. The van der Waals surface area contributed by atoms with Gasteiger partial charge in [0.15, 0.2) is 0 Å². The molecule has 0 saturated carbocycles. The Kier molecular flexibility index (Phi) is 8.33. The van der Waals surface area contributed by atoms with Crippen LogP contribution in [-0.2, 0) is 0 Å². The van der Waals surface area contributed by atoms with Crippen LogP contribution in [0.1, 0.15) is 13.8 Å². The molecular weight excluding hydrogens is 164 g/mol. The Labute approximate surface area is 81.6 Å². The molecule has 0 fully saturated rings. The molecule has 0 heterocycles. The van der Waals surface area contributed by atoms with Gasteiger partial charge in [-0.15, -0.1) is 0 Å². The van der Waals surface area contributed by atoms with Crippen LogP contribution in [0.15, 0.2) is 0 Å². The third-order valence-corrected chi connectivity index (χ3v) is 2.10. The highest BCUT2D eigenvalue weighted by molar-refractivity contribution is 4.68. The first-order valence-corrected chi connectivity index (χ1v) is 5.13. The third-order valence-electron chi connectivity index (χ3n) is 2.10. The lowest BCUT2D eigenvalue weighted by Crippen LogP contribution is -2.44. The first-order chi connectivity index (χ1) is 6.24. The molecule has 0 aromatic rings. The molecule has 4 heteroatoms. The van der Waals surface area contributed by atoms with Crippen molar-refractivity contribution in [2.45, 2.75) is 19.9 Å². The molecule has 0 bridgehead atoms. The van der Waals surface area contributed by atoms with Crippen LogP contribution in [0.5, 0.6) is 0 Å². The molecule has 0 amide bonds. The third kappa shape index (κ3) is 6.95.